The Hall–Kier alpha value is -5.42. The molecule has 0 radical (unpaired) electrons. The second-order valence-corrected chi connectivity index (χ2v) is 21.5. The van der Waals surface area contributed by atoms with Gasteiger partial charge in [0.25, 0.3) is 21.6 Å². The van der Waals surface area contributed by atoms with Crippen molar-refractivity contribution in [1.82, 2.24) is 19.6 Å². The summed E-state index contributed by atoms with van der Waals surface area (Å²) < 4.78 is 60.4. The Labute approximate surface area is 399 Å². The predicted octanol–water partition coefficient (Wildman–Crippen LogP) is 6.48. The molecule has 7 fully saturated rings. The Bertz CT molecular complexity index is 2730. The smallest absolute Gasteiger partial charge is 0.293 e. The Morgan fingerprint density at radius 3 is 2.57 bits per heavy atom. The first-order chi connectivity index (χ1) is 33.1. The number of pyridine rings is 1. The van der Waals surface area contributed by atoms with Crippen molar-refractivity contribution in [3.05, 3.63) is 76.6 Å². The number of methoxy groups -OCH3 is 1. The maximum Gasteiger partial charge on any atom is 0.293 e. The highest BCUT2D eigenvalue weighted by Gasteiger charge is 2.73. The number of anilines is 2. The number of carbonyl (C=O) groups excluding carboxylic acids is 2. The zero-order valence-corrected chi connectivity index (χ0v) is 40.0. The maximum absolute atomic E-state index is 14.4. The van der Waals surface area contributed by atoms with Gasteiger partial charge in [0.05, 0.1) is 21.6 Å². The monoisotopic (exact) mass is 973 g/mol. The lowest BCUT2D eigenvalue weighted by Gasteiger charge is -2.63. The third kappa shape index (κ3) is 8.80. The number of sulfonamides is 1. The first-order valence-electron chi connectivity index (χ1n) is 23.8. The molecule has 69 heavy (non-hydrogen) atoms. The van der Waals surface area contributed by atoms with Crippen LogP contribution in [0, 0.1) is 39.2 Å². The van der Waals surface area contributed by atoms with Gasteiger partial charge >= 0.3 is 0 Å². The van der Waals surface area contributed by atoms with E-state index in [-0.39, 0.29) is 47.1 Å². The van der Waals surface area contributed by atoms with Crippen molar-refractivity contribution in [3.63, 3.8) is 0 Å². The number of carbonyl (C=O) groups is 2. The Morgan fingerprint density at radius 2 is 1.80 bits per heavy atom. The number of nitrogens with zero attached hydrogens (tertiary/aromatic N) is 4. The molecular weight excluding hydrogens is 915 g/mol. The van der Waals surface area contributed by atoms with Gasteiger partial charge in [-0.05, 0) is 93.2 Å². The quantitative estimate of drug-likeness (QED) is 0.0738. The standard InChI is InChI=1S/C48H59N7O13S/c1-29-5-10-40-46(2,44(62-4)65-45-48(40)36(29)11-15-47(3,66-45)67-68-48)26-41(56)54-19-17-53(18-20-54)32-6-8-35(39(24-32)64-33-23-31-12-16-49-42(31)51-28-33)43(57)52-69(60,61)34-7-9-37(38(25-34)55(58)59)50-27-30-13-21-63-22-14-30/h6-9,12,16,23-25,28-30,36,40,44-45,50H,5,10-11,13-15,17-22,26-27H2,1-4H3,(H,49,51)(H,52,57)/t29-,36+,40+,44+,45?,46+,47-,48-/m1/s1. The lowest BCUT2D eigenvalue weighted by Crippen LogP contribution is -2.73. The van der Waals surface area contributed by atoms with Crippen molar-refractivity contribution in [2.45, 2.75) is 94.6 Å². The summed E-state index contributed by atoms with van der Waals surface area (Å²) in [6, 6.07) is 11.8. The summed E-state index contributed by atoms with van der Waals surface area (Å²) in [6.07, 6.45) is 6.83. The van der Waals surface area contributed by atoms with E-state index in [4.69, 9.17) is 33.5 Å². The third-order valence-corrected chi connectivity index (χ3v) is 16.8. The normalized spacial score (nSPS) is 30.3. The Kier molecular flexibility index (Phi) is 12.6. The molecule has 8 heterocycles. The molecule has 1 spiro atoms. The molecule has 2 amide bonds. The molecule has 1 unspecified atom stereocenters. The first-order valence-corrected chi connectivity index (χ1v) is 25.3. The van der Waals surface area contributed by atoms with Crippen LogP contribution in [0.5, 0.6) is 11.5 Å². The SMILES string of the molecule is CO[C@H]1OC2O[C@@]3(C)CC[C@H]4[C@H](C)CC[C@@H]([C@]1(C)CC(=O)N1CCN(c5ccc(C(=O)NS(=O)(=O)c6ccc(NCC7CCOCC7)c([N+](=O)[O-])c6)c(Oc6cnc7[nH]ccc7c6)c5)CC1)[C@@]24OO3. The zero-order chi connectivity index (χ0) is 48.3. The molecule has 1 aliphatic carbocycles. The predicted molar refractivity (Wildman–Crippen MR) is 249 cm³/mol. The lowest BCUT2D eigenvalue weighted by molar-refractivity contribution is -0.582. The number of rotatable bonds is 13. The minimum atomic E-state index is -4.62. The highest BCUT2D eigenvalue weighted by atomic mass is 32.2. The van der Waals surface area contributed by atoms with Gasteiger partial charge in [-0.15, -0.1) is 0 Å². The summed E-state index contributed by atoms with van der Waals surface area (Å²) in [5.41, 5.74) is -0.747. The van der Waals surface area contributed by atoms with Crippen LogP contribution in [-0.2, 0) is 43.5 Å². The van der Waals surface area contributed by atoms with Crippen LogP contribution in [0.3, 0.4) is 0 Å². The summed E-state index contributed by atoms with van der Waals surface area (Å²) in [6.45, 7) is 9.53. The molecular formula is C48H59N7O13S. The van der Waals surface area contributed by atoms with E-state index >= 15 is 0 Å². The summed E-state index contributed by atoms with van der Waals surface area (Å²) in [5.74, 6) is -1.09. The van der Waals surface area contributed by atoms with E-state index in [1.54, 1.807) is 31.5 Å². The van der Waals surface area contributed by atoms with Crippen molar-refractivity contribution >= 4 is 49.9 Å². The molecule has 8 atom stereocenters. The zero-order valence-electron chi connectivity index (χ0n) is 39.1. The van der Waals surface area contributed by atoms with Gasteiger partial charge in [0.1, 0.15) is 22.8 Å². The van der Waals surface area contributed by atoms with Crippen LogP contribution in [0.1, 0.15) is 76.1 Å². The van der Waals surface area contributed by atoms with Crippen LogP contribution in [-0.4, -0.2) is 117 Å². The maximum atomic E-state index is 14.4. The lowest BCUT2D eigenvalue weighted by atomic mass is 9.52. The van der Waals surface area contributed by atoms with Crippen LogP contribution in [0.25, 0.3) is 11.0 Å². The van der Waals surface area contributed by atoms with Crippen molar-refractivity contribution < 1.29 is 56.4 Å². The fourth-order valence-electron chi connectivity index (χ4n) is 11.7. The van der Waals surface area contributed by atoms with Gasteiger partial charge in [-0.3, -0.25) is 19.7 Å². The van der Waals surface area contributed by atoms with Crippen molar-refractivity contribution in [1.29, 1.82) is 0 Å². The largest absolute Gasteiger partial charge is 0.455 e. The molecule has 6 saturated heterocycles. The molecule has 3 N–H and O–H groups in total. The summed E-state index contributed by atoms with van der Waals surface area (Å²) in [7, 11) is -3.02. The molecule has 2 aromatic carbocycles. The van der Waals surface area contributed by atoms with E-state index in [1.807, 2.05) is 17.9 Å². The number of piperazine rings is 1. The molecule has 20 nitrogen and oxygen atoms in total. The second-order valence-electron chi connectivity index (χ2n) is 19.8. The fraction of sp³-hybridized carbons (Fsp3) is 0.562. The van der Waals surface area contributed by atoms with Crippen molar-refractivity contribution in [2.75, 3.05) is 63.3 Å². The molecule has 6 aliphatic heterocycles. The van der Waals surface area contributed by atoms with Gasteiger partial charge in [-0.1, -0.05) is 13.8 Å². The van der Waals surface area contributed by atoms with Gasteiger partial charge in [-0.25, -0.2) is 27.9 Å². The first kappa shape index (κ1) is 47.3. The number of aromatic amines is 1. The number of ether oxygens (including phenoxy) is 5. The number of H-pyrrole nitrogens is 1. The van der Waals surface area contributed by atoms with E-state index in [0.717, 1.165) is 43.6 Å². The molecule has 7 aliphatic rings. The summed E-state index contributed by atoms with van der Waals surface area (Å²) >= 11 is 0. The van der Waals surface area contributed by atoms with Gasteiger partial charge in [0.15, 0.2) is 18.2 Å². The van der Waals surface area contributed by atoms with Crippen LogP contribution in [0.4, 0.5) is 17.1 Å². The number of amides is 2. The topological polar surface area (TPSA) is 235 Å². The van der Waals surface area contributed by atoms with Crippen LogP contribution >= 0.6 is 0 Å². The fourth-order valence-corrected chi connectivity index (χ4v) is 12.7. The Morgan fingerprint density at radius 1 is 1.00 bits per heavy atom. The van der Waals surface area contributed by atoms with Gasteiger partial charge in [0.2, 0.25) is 11.7 Å². The van der Waals surface area contributed by atoms with Crippen molar-refractivity contribution in [2.24, 2.45) is 29.1 Å². The third-order valence-electron chi connectivity index (χ3n) is 15.5. The number of benzene rings is 2. The highest BCUT2D eigenvalue weighted by Crippen LogP contribution is 2.64. The minimum Gasteiger partial charge on any atom is -0.455 e. The molecule has 21 heteroatoms. The molecule has 4 aromatic rings. The molecule has 370 valence electrons. The molecule has 2 bridgehead atoms. The number of hydrogen-bond donors (Lipinski definition) is 3. The van der Waals surface area contributed by atoms with E-state index in [0.29, 0.717) is 75.4 Å². The average Bonchev–Trinajstić information content (AvgIpc) is 3.69. The molecule has 11 rings (SSSR count). The average molecular weight is 974 g/mol. The van der Waals surface area contributed by atoms with Gasteiger partial charge in [0, 0.05) is 107 Å². The van der Waals surface area contributed by atoms with E-state index < -0.39 is 60.8 Å². The van der Waals surface area contributed by atoms with E-state index in [2.05, 4.69) is 38.8 Å². The van der Waals surface area contributed by atoms with Gasteiger partial charge in [-0.2, -0.15) is 0 Å². The van der Waals surface area contributed by atoms with Crippen LogP contribution in [0.2, 0.25) is 0 Å². The highest BCUT2D eigenvalue weighted by molar-refractivity contribution is 7.90. The Balaban J connectivity index is 0.856. The number of nitro benzene ring substituents is 1. The number of hydrogen-bond acceptors (Lipinski definition) is 16. The van der Waals surface area contributed by atoms with E-state index in [9.17, 15) is 28.1 Å². The number of fused-ring (bicyclic) bond motifs is 3. The van der Waals surface area contributed by atoms with Crippen LogP contribution < -0.4 is 19.7 Å². The number of nitrogens with one attached hydrogen (secondary N) is 3. The van der Waals surface area contributed by atoms with Crippen LogP contribution in [0.15, 0.2) is 65.8 Å². The minimum absolute atomic E-state index is 0.0411. The van der Waals surface area contributed by atoms with Crippen molar-refractivity contribution in [3.8, 4) is 11.5 Å². The number of aromatic nitrogens is 2. The second kappa shape index (κ2) is 18.4. The molecule has 2 aromatic heterocycles. The molecule has 1 saturated carbocycles. The number of nitro groups is 1. The van der Waals surface area contributed by atoms with E-state index in [1.165, 1.54) is 24.4 Å². The summed E-state index contributed by atoms with van der Waals surface area (Å²) in [5, 5.41) is 16.0. The van der Waals surface area contributed by atoms with Gasteiger partial charge < -0.3 is 43.8 Å². The summed E-state index contributed by atoms with van der Waals surface area (Å²) in [4.78, 5) is 63.2.